The monoisotopic (exact) mass is 286 g/mol. The minimum atomic E-state index is -0.936. The first-order valence-electron chi connectivity index (χ1n) is 6.82. The van der Waals surface area contributed by atoms with E-state index < -0.39 is 12.0 Å². The van der Waals surface area contributed by atoms with Gasteiger partial charge in [0.15, 0.2) is 0 Å². The normalized spacial score (nSPS) is 12.0. The lowest BCUT2D eigenvalue weighted by Crippen LogP contribution is -2.36. The smallest absolute Gasteiger partial charge is 0.305 e. The Kier molecular flexibility index (Phi) is 4.42. The third-order valence-electron chi connectivity index (χ3n) is 3.41. The lowest BCUT2D eigenvalue weighted by atomic mass is 10.0. The number of carboxylic acid groups (broad SMARTS) is 1. The topological polar surface area (TPSA) is 92.4 Å². The largest absolute Gasteiger partial charge is 0.481 e. The second kappa shape index (κ2) is 6.26. The third kappa shape index (κ3) is 3.51. The van der Waals surface area contributed by atoms with Crippen molar-refractivity contribution >= 4 is 28.3 Å². The fourth-order valence-electron chi connectivity index (χ4n) is 2.23. The third-order valence-corrected chi connectivity index (χ3v) is 3.41. The van der Waals surface area contributed by atoms with Gasteiger partial charge in [-0.15, -0.1) is 0 Å². The molecule has 110 valence electrons. The Bertz CT molecular complexity index is 682. The van der Waals surface area contributed by atoms with Crippen molar-refractivity contribution in [3.8, 4) is 0 Å². The number of benzene rings is 2. The first kappa shape index (κ1) is 14.8. The Labute approximate surface area is 122 Å². The number of hydrogen-bond acceptors (Lipinski definition) is 3. The van der Waals surface area contributed by atoms with Crippen LogP contribution in [0.4, 0.5) is 5.69 Å². The van der Waals surface area contributed by atoms with Crippen LogP contribution in [0.15, 0.2) is 36.4 Å². The molecule has 2 rings (SSSR count). The summed E-state index contributed by atoms with van der Waals surface area (Å²) < 4.78 is 0. The van der Waals surface area contributed by atoms with Crippen LogP contribution in [-0.4, -0.2) is 23.0 Å². The minimum Gasteiger partial charge on any atom is -0.481 e. The molecule has 0 heterocycles. The summed E-state index contributed by atoms with van der Waals surface area (Å²) in [5, 5.41) is 13.4. The summed E-state index contributed by atoms with van der Waals surface area (Å²) >= 11 is 0. The van der Waals surface area contributed by atoms with Crippen molar-refractivity contribution in [1.82, 2.24) is 5.32 Å². The molecular weight excluding hydrogens is 268 g/mol. The molecule has 4 N–H and O–H groups in total. The number of aliphatic carboxylic acids is 1. The van der Waals surface area contributed by atoms with Gasteiger partial charge in [0.1, 0.15) is 0 Å². The lowest BCUT2D eigenvalue weighted by molar-refractivity contribution is -0.137. The number of nitrogen functional groups attached to an aromatic ring is 1. The van der Waals surface area contributed by atoms with Gasteiger partial charge in [0, 0.05) is 11.7 Å². The molecule has 1 unspecified atom stereocenters. The zero-order chi connectivity index (χ0) is 15.4. The van der Waals surface area contributed by atoms with Gasteiger partial charge < -0.3 is 16.2 Å². The summed E-state index contributed by atoms with van der Waals surface area (Å²) in [5.74, 6) is -1.28. The molecule has 5 heteroatoms. The van der Waals surface area contributed by atoms with Gasteiger partial charge in [-0.2, -0.15) is 0 Å². The Morgan fingerprint density at radius 2 is 1.86 bits per heavy atom. The highest BCUT2D eigenvalue weighted by molar-refractivity contribution is 6.04. The highest BCUT2D eigenvalue weighted by Crippen LogP contribution is 2.22. The van der Waals surface area contributed by atoms with Crippen molar-refractivity contribution in [2.45, 2.75) is 25.8 Å². The number of carboxylic acids is 1. The molecule has 0 fully saturated rings. The van der Waals surface area contributed by atoms with Crippen LogP contribution in [0.3, 0.4) is 0 Å². The van der Waals surface area contributed by atoms with Crippen LogP contribution in [0.1, 0.15) is 30.1 Å². The van der Waals surface area contributed by atoms with E-state index in [1.54, 1.807) is 12.1 Å². The van der Waals surface area contributed by atoms with E-state index in [-0.39, 0.29) is 12.3 Å². The van der Waals surface area contributed by atoms with Crippen molar-refractivity contribution in [2.75, 3.05) is 5.73 Å². The number of nitrogens with one attached hydrogen (secondary N) is 1. The van der Waals surface area contributed by atoms with Gasteiger partial charge in [0.25, 0.3) is 5.91 Å². The average molecular weight is 286 g/mol. The molecule has 0 saturated carbocycles. The van der Waals surface area contributed by atoms with E-state index in [9.17, 15) is 9.59 Å². The molecule has 0 aliphatic heterocycles. The Hall–Kier alpha value is -2.56. The molecule has 0 saturated heterocycles. The zero-order valence-electron chi connectivity index (χ0n) is 11.8. The maximum absolute atomic E-state index is 12.3. The molecule has 1 atom stereocenters. The van der Waals surface area contributed by atoms with Gasteiger partial charge in [-0.05, 0) is 29.3 Å². The number of nitrogens with two attached hydrogens (primary N) is 1. The van der Waals surface area contributed by atoms with Crippen LogP contribution in [0, 0.1) is 0 Å². The molecular formula is C16H18N2O3. The van der Waals surface area contributed by atoms with Crippen LogP contribution >= 0.6 is 0 Å². The van der Waals surface area contributed by atoms with E-state index >= 15 is 0 Å². The number of anilines is 1. The Balaban J connectivity index is 2.26. The standard InChI is InChI=1S/C16H18N2O3/c1-2-12(9-15(19)20)18-16(21)13-7-10-5-3-4-6-11(10)8-14(13)17/h3-8,12H,2,9,17H2,1H3,(H,18,21)(H,19,20). The summed E-state index contributed by atoms with van der Waals surface area (Å²) in [6, 6.07) is 10.7. The van der Waals surface area contributed by atoms with Crippen LogP contribution in [0.5, 0.6) is 0 Å². The van der Waals surface area contributed by atoms with Crippen LogP contribution < -0.4 is 11.1 Å². The number of amides is 1. The van der Waals surface area contributed by atoms with Gasteiger partial charge >= 0.3 is 5.97 Å². The lowest BCUT2D eigenvalue weighted by Gasteiger charge is -2.16. The molecule has 0 spiro atoms. The molecule has 5 nitrogen and oxygen atoms in total. The van der Waals surface area contributed by atoms with E-state index in [0.29, 0.717) is 17.7 Å². The van der Waals surface area contributed by atoms with Gasteiger partial charge in [-0.3, -0.25) is 9.59 Å². The molecule has 0 bridgehead atoms. The van der Waals surface area contributed by atoms with E-state index in [4.69, 9.17) is 10.8 Å². The quantitative estimate of drug-likeness (QED) is 0.736. The van der Waals surface area contributed by atoms with Gasteiger partial charge in [-0.1, -0.05) is 31.2 Å². The zero-order valence-corrected chi connectivity index (χ0v) is 11.8. The summed E-state index contributed by atoms with van der Waals surface area (Å²) in [4.78, 5) is 23.0. The number of fused-ring (bicyclic) bond motifs is 1. The Morgan fingerprint density at radius 1 is 1.24 bits per heavy atom. The second-order valence-corrected chi connectivity index (χ2v) is 4.96. The predicted molar refractivity (Wildman–Crippen MR) is 82.2 cm³/mol. The van der Waals surface area contributed by atoms with E-state index in [1.807, 2.05) is 31.2 Å². The number of carbonyl (C=O) groups is 2. The average Bonchev–Trinajstić information content (AvgIpc) is 2.45. The summed E-state index contributed by atoms with van der Waals surface area (Å²) in [5.41, 5.74) is 6.69. The summed E-state index contributed by atoms with van der Waals surface area (Å²) in [6.07, 6.45) is 0.446. The number of hydrogen-bond donors (Lipinski definition) is 3. The van der Waals surface area contributed by atoms with Crippen molar-refractivity contribution in [3.63, 3.8) is 0 Å². The molecule has 0 aliphatic rings. The Morgan fingerprint density at radius 3 is 2.43 bits per heavy atom. The van der Waals surface area contributed by atoms with Crippen molar-refractivity contribution in [3.05, 3.63) is 42.0 Å². The van der Waals surface area contributed by atoms with E-state index in [1.165, 1.54) is 0 Å². The van der Waals surface area contributed by atoms with Crippen LogP contribution in [0.25, 0.3) is 10.8 Å². The van der Waals surface area contributed by atoms with Gasteiger partial charge in [-0.25, -0.2) is 0 Å². The molecule has 0 aromatic heterocycles. The summed E-state index contributed by atoms with van der Waals surface area (Å²) in [7, 11) is 0. The van der Waals surface area contributed by atoms with Crippen molar-refractivity contribution < 1.29 is 14.7 Å². The number of rotatable bonds is 5. The second-order valence-electron chi connectivity index (χ2n) is 4.96. The molecule has 0 radical (unpaired) electrons. The highest BCUT2D eigenvalue weighted by atomic mass is 16.4. The van der Waals surface area contributed by atoms with Crippen LogP contribution in [0.2, 0.25) is 0 Å². The first-order valence-corrected chi connectivity index (χ1v) is 6.82. The molecule has 21 heavy (non-hydrogen) atoms. The van der Waals surface area contributed by atoms with Crippen molar-refractivity contribution in [2.24, 2.45) is 0 Å². The maximum Gasteiger partial charge on any atom is 0.305 e. The van der Waals surface area contributed by atoms with E-state index in [0.717, 1.165) is 10.8 Å². The van der Waals surface area contributed by atoms with E-state index in [2.05, 4.69) is 5.32 Å². The minimum absolute atomic E-state index is 0.101. The van der Waals surface area contributed by atoms with Gasteiger partial charge in [0.05, 0.1) is 12.0 Å². The molecule has 2 aromatic rings. The fourth-order valence-corrected chi connectivity index (χ4v) is 2.23. The fraction of sp³-hybridized carbons (Fsp3) is 0.250. The number of carbonyl (C=O) groups excluding carboxylic acids is 1. The van der Waals surface area contributed by atoms with Crippen molar-refractivity contribution in [1.29, 1.82) is 0 Å². The molecule has 2 aromatic carbocycles. The maximum atomic E-state index is 12.3. The molecule has 0 aliphatic carbocycles. The SMILES string of the molecule is CCC(CC(=O)O)NC(=O)c1cc2ccccc2cc1N. The highest BCUT2D eigenvalue weighted by Gasteiger charge is 2.17. The summed E-state index contributed by atoms with van der Waals surface area (Å²) in [6.45, 7) is 1.83. The van der Waals surface area contributed by atoms with Crippen LogP contribution in [-0.2, 0) is 4.79 Å². The first-order chi connectivity index (χ1) is 10.0. The van der Waals surface area contributed by atoms with Gasteiger partial charge in [0.2, 0.25) is 0 Å². The predicted octanol–water partition coefficient (Wildman–Crippen LogP) is 2.41. The molecule has 1 amide bonds.